The molecular formula is C13H22N2OS. The maximum absolute atomic E-state index is 12.5. The molecule has 0 aromatic heterocycles. The Hall–Kier alpha value is -0.690. The Labute approximate surface area is 109 Å². The number of carbonyl (C=O) groups is 1. The fraction of sp³-hybridized carbons (Fsp3) is 0.846. The summed E-state index contributed by atoms with van der Waals surface area (Å²) in [6.45, 7) is 7.60. The van der Waals surface area contributed by atoms with Crippen LogP contribution in [0.1, 0.15) is 40.0 Å². The number of nitrogens with zero attached hydrogens (tertiary/aromatic N) is 2. The molecule has 0 bridgehead atoms. The van der Waals surface area contributed by atoms with E-state index in [1.807, 2.05) is 11.8 Å². The Kier molecular flexibility index (Phi) is 5.32. The lowest BCUT2D eigenvalue weighted by molar-refractivity contribution is -0.133. The molecular weight excluding hydrogens is 232 g/mol. The first-order valence-corrected chi connectivity index (χ1v) is 7.28. The van der Waals surface area contributed by atoms with Gasteiger partial charge in [-0.25, -0.2) is 0 Å². The third-order valence-electron chi connectivity index (χ3n) is 3.04. The van der Waals surface area contributed by atoms with Crippen LogP contribution in [-0.2, 0) is 4.79 Å². The van der Waals surface area contributed by atoms with Crippen LogP contribution in [0.5, 0.6) is 0 Å². The Balaban J connectivity index is 2.67. The number of hydrogen-bond acceptors (Lipinski definition) is 3. The van der Waals surface area contributed by atoms with Crippen molar-refractivity contribution in [1.82, 2.24) is 4.90 Å². The molecule has 96 valence electrons. The van der Waals surface area contributed by atoms with Crippen LogP contribution >= 0.6 is 11.8 Å². The molecule has 0 saturated carbocycles. The van der Waals surface area contributed by atoms with Crippen LogP contribution in [0.2, 0.25) is 0 Å². The first-order valence-electron chi connectivity index (χ1n) is 6.30. The monoisotopic (exact) mass is 254 g/mol. The highest BCUT2D eigenvalue weighted by Gasteiger charge is 2.39. The second kappa shape index (κ2) is 6.30. The fourth-order valence-corrected chi connectivity index (χ4v) is 3.46. The quantitative estimate of drug-likeness (QED) is 0.757. The normalized spacial score (nSPS) is 23.7. The van der Waals surface area contributed by atoms with E-state index < -0.39 is 0 Å². The van der Waals surface area contributed by atoms with Crippen LogP contribution in [0.25, 0.3) is 0 Å². The number of amides is 1. The predicted octanol–water partition coefficient (Wildman–Crippen LogP) is 2.67. The Morgan fingerprint density at radius 2 is 2.29 bits per heavy atom. The summed E-state index contributed by atoms with van der Waals surface area (Å²) >= 11 is 1.77. The van der Waals surface area contributed by atoms with Gasteiger partial charge in [0.2, 0.25) is 5.91 Å². The maximum Gasteiger partial charge on any atom is 0.238 e. The van der Waals surface area contributed by atoms with Crippen molar-refractivity contribution in [2.24, 2.45) is 5.92 Å². The molecule has 4 heteroatoms. The van der Waals surface area contributed by atoms with Crippen molar-refractivity contribution < 1.29 is 4.79 Å². The third kappa shape index (κ3) is 3.92. The lowest BCUT2D eigenvalue weighted by Crippen LogP contribution is -2.45. The van der Waals surface area contributed by atoms with Gasteiger partial charge < -0.3 is 4.90 Å². The molecule has 1 saturated heterocycles. The molecule has 1 amide bonds. The van der Waals surface area contributed by atoms with Gasteiger partial charge in [-0.2, -0.15) is 5.26 Å². The van der Waals surface area contributed by atoms with Crippen LogP contribution < -0.4 is 0 Å². The number of nitriles is 1. The summed E-state index contributed by atoms with van der Waals surface area (Å²) in [7, 11) is 0. The zero-order chi connectivity index (χ0) is 12.9. The van der Waals surface area contributed by atoms with Crippen molar-refractivity contribution in [3.8, 4) is 6.07 Å². The fourth-order valence-electron chi connectivity index (χ4n) is 2.18. The average molecular weight is 254 g/mol. The number of thioether (sulfide) groups is 1. The summed E-state index contributed by atoms with van der Waals surface area (Å²) in [4.78, 5) is 14.4. The molecule has 1 fully saturated rings. The van der Waals surface area contributed by atoms with Gasteiger partial charge in [-0.15, -0.1) is 11.8 Å². The summed E-state index contributed by atoms with van der Waals surface area (Å²) in [6, 6.07) is 2.13. The minimum absolute atomic E-state index is 0.226. The third-order valence-corrected chi connectivity index (χ3v) is 4.55. The minimum Gasteiger partial charge on any atom is -0.340 e. The van der Waals surface area contributed by atoms with Crippen LogP contribution in [0.15, 0.2) is 0 Å². The van der Waals surface area contributed by atoms with Gasteiger partial charge >= 0.3 is 0 Å². The van der Waals surface area contributed by atoms with E-state index >= 15 is 0 Å². The predicted molar refractivity (Wildman–Crippen MR) is 71.7 cm³/mol. The molecule has 17 heavy (non-hydrogen) atoms. The molecule has 0 radical (unpaired) electrons. The Morgan fingerprint density at radius 1 is 1.59 bits per heavy atom. The van der Waals surface area contributed by atoms with Gasteiger partial charge in [0.05, 0.1) is 17.2 Å². The number of carbonyl (C=O) groups excluding carboxylic acids is 1. The molecule has 0 spiro atoms. The Bertz CT molecular complexity index is 303. The second-order valence-electron chi connectivity index (χ2n) is 5.24. The summed E-state index contributed by atoms with van der Waals surface area (Å²) in [5.74, 6) is 1.76. The molecule has 0 N–H and O–H groups in total. The highest BCUT2D eigenvalue weighted by molar-refractivity contribution is 8.01. The first kappa shape index (κ1) is 14.4. The van der Waals surface area contributed by atoms with E-state index in [1.165, 1.54) is 0 Å². The molecule has 0 aromatic carbocycles. The molecule has 1 atom stereocenters. The van der Waals surface area contributed by atoms with Crippen molar-refractivity contribution in [2.45, 2.75) is 44.8 Å². The molecule has 1 heterocycles. The SMILES string of the molecule is CC(C)CN(CCC#N)C(=O)C1(C)CCCS1. The maximum atomic E-state index is 12.5. The first-order chi connectivity index (χ1) is 7.99. The molecule has 1 aliphatic heterocycles. The van der Waals surface area contributed by atoms with E-state index in [9.17, 15) is 4.79 Å². The molecule has 0 aromatic rings. The van der Waals surface area contributed by atoms with Gasteiger partial charge in [-0.3, -0.25) is 4.79 Å². The van der Waals surface area contributed by atoms with Crippen molar-refractivity contribution in [3.63, 3.8) is 0 Å². The van der Waals surface area contributed by atoms with E-state index in [0.717, 1.165) is 25.1 Å². The van der Waals surface area contributed by atoms with Crippen molar-refractivity contribution in [1.29, 1.82) is 5.26 Å². The molecule has 3 nitrogen and oxygen atoms in total. The molecule has 1 aliphatic rings. The molecule has 1 rings (SSSR count). The van der Waals surface area contributed by atoms with Crippen LogP contribution in [0, 0.1) is 17.2 Å². The standard InChI is InChI=1S/C13H22N2OS/c1-11(2)10-15(8-5-7-14)12(16)13(3)6-4-9-17-13/h11H,4-6,8-10H2,1-3H3. The smallest absolute Gasteiger partial charge is 0.238 e. The number of rotatable bonds is 5. The van der Waals surface area contributed by atoms with Crippen molar-refractivity contribution >= 4 is 17.7 Å². The topological polar surface area (TPSA) is 44.1 Å². The lowest BCUT2D eigenvalue weighted by Gasteiger charge is -2.31. The van der Waals surface area contributed by atoms with Crippen molar-refractivity contribution in [3.05, 3.63) is 0 Å². The number of hydrogen-bond donors (Lipinski definition) is 0. The van der Waals surface area contributed by atoms with E-state index in [-0.39, 0.29) is 10.7 Å². The largest absolute Gasteiger partial charge is 0.340 e. The minimum atomic E-state index is -0.246. The van der Waals surface area contributed by atoms with Crippen molar-refractivity contribution in [2.75, 3.05) is 18.8 Å². The van der Waals surface area contributed by atoms with Gasteiger partial charge in [-0.05, 0) is 31.4 Å². The van der Waals surface area contributed by atoms with Crippen LogP contribution in [0.3, 0.4) is 0 Å². The van der Waals surface area contributed by atoms with Crippen LogP contribution in [0.4, 0.5) is 0 Å². The van der Waals surface area contributed by atoms with E-state index in [4.69, 9.17) is 5.26 Å². The van der Waals surface area contributed by atoms with Crippen LogP contribution in [-0.4, -0.2) is 34.4 Å². The van der Waals surface area contributed by atoms with E-state index in [1.54, 1.807) is 11.8 Å². The summed E-state index contributed by atoms with van der Waals surface area (Å²) in [6.07, 6.45) is 2.53. The van der Waals surface area contributed by atoms with E-state index in [0.29, 0.717) is 18.9 Å². The molecule has 0 aliphatic carbocycles. The van der Waals surface area contributed by atoms with Gasteiger partial charge in [0.15, 0.2) is 0 Å². The molecule has 1 unspecified atom stereocenters. The van der Waals surface area contributed by atoms with Gasteiger partial charge in [0.25, 0.3) is 0 Å². The van der Waals surface area contributed by atoms with Gasteiger partial charge in [0, 0.05) is 13.1 Å². The van der Waals surface area contributed by atoms with Gasteiger partial charge in [0.1, 0.15) is 0 Å². The summed E-state index contributed by atoms with van der Waals surface area (Å²) < 4.78 is -0.246. The highest BCUT2D eigenvalue weighted by atomic mass is 32.2. The Morgan fingerprint density at radius 3 is 2.76 bits per heavy atom. The lowest BCUT2D eigenvalue weighted by atomic mass is 10.0. The zero-order valence-electron chi connectivity index (χ0n) is 11.0. The average Bonchev–Trinajstić information content (AvgIpc) is 2.71. The summed E-state index contributed by atoms with van der Waals surface area (Å²) in [5.41, 5.74) is 0. The van der Waals surface area contributed by atoms with E-state index in [2.05, 4.69) is 19.9 Å². The zero-order valence-corrected chi connectivity index (χ0v) is 11.8. The second-order valence-corrected chi connectivity index (χ2v) is 6.83. The highest BCUT2D eigenvalue weighted by Crippen LogP contribution is 2.39. The summed E-state index contributed by atoms with van der Waals surface area (Å²) in [5, 5.41) is 8.67. The van der Waals surface area contributed by atoms with Gasteiger partial charge in [-0.1, -0.05) is 13.8 Å².